The molecule has 2 nitrogen and oxygen atoms in total. The van der Waals surface area contributed by atoms with E-state index in [-0.39, 0.29) is 0 Å². The molecule has 0 aromatic rings. The Hall–Kier alpha value is 0.270. The first kappa shape index (κ1) is 12.7. The van der Waals surface area contributed by atoms with Crippen LogP contribution in [0.3, 0.4) is 0 Å². The van der Waals surface area contributed by atoms with E-state index in [0.29, 0.717) is 11.0 Å². The average Bonchev–Trinajstić information content (AvgIpc) is 2.91. The van der Waals surface area contributed by atoms with Gasteiger partial charge in [-0.2, -0.15) is 12.6 Å². The van der Waals surface area contributed by atoms with Gasteiger partial charge in [-0.25, -0.2) is 0 Å². The van der Waals surface area contributed by atoms with Crippen LogP contribution in [0.1, 0.15) is 32.1 Å². The van der Waals surface area contributed by atoms with Crippen LogP contribution in [0.2, 0.25) is 0 Å². The normalized spacial score (nSPS) is 25.9. The maximum atomic E-state index is 4.49. The molecule has 3 heteroatoms. The fourth-order valence-corrected chi connectivity index (χ4v) is 3.42. The summed E-state index contributed by atoms with van der Waals surface area (Å²) in [6.45, 7) is 2.47. The van der Waals surface area contributed by atoms with Crippen molar-refractivity contribution < 1.29 is 0 Å². The molecule has 0 atom stereocenters. The Kier molecular flexibility index (Phi) is 3.58. The van der Waals surface area contributed by atoms with E-state index in [9.17, 15) is 0 Å². The van der Waals surface area contributed by atoms with Crippen LogP contribution in [0.5, 0.6) is 0 Å². The van der Waals surface area contributed by atoms with Gasteiger partial charge in [-0.1, -0.05) is 0 Å². The second-order valence-electron chi connectivity index (χ2n) is 6.30. The molecule has 2 aliphatic carbocycles. The second kappa shape index (κ2) is 4.51. The predicted molar refractivity (Wildman–Crippen MR) is 73.3 cm³/mol. The van der Waals surface area contributed by atoms with E-state index in [4.69, 9.17) is 0 Å². The highest BCUT2D eigenvalue weighted by Gasteiger charge is 2.45. The highest BCUT2D eigenvalue weighted by atomic mass is 32.1. The molecule has 0 unspecified atom stereocenters. The quantitative estimate of drug-likeness (QED) is 0.713. The van der Waals surface area contributed by atoms with Crippen LogP contribution in [-0.2, 0) is 0 Å². The van der Waals surface area contributed by atoms with Crippen LogP contribution in [-0.4, -0.2) is 55.3 Å². The van der Waals surface area contributed by atoms with Gasteiger partial charge in [0, 0.05) is 18.6 Å². The zero-order chi connectivity index (χ0) is 11.8. The Labute approximate surface area is 106 Å². The molecule has 2 saturated carbocycles. The van der Waals surface area contributed by atoms with Crippen LogP contribution in [0.25, 0.3) is 0 Å². The highest BCUT2D eigenvalue weighted by molar-refractivity contribution is 7.80. The minimum absolute atomic E-state index is 0.474. The minimum atomic E-state index is 0.474. The third kappa shape index (κ3) is 2.41. The van der Waals surface area contributed by atoms with Crippen molar-refractivity contribution in [2.75, 3.05) is 40.0 Å². The third-order valence-corrected chi connectivity index (χ3v) is 5.37. The molecule has 0 bridgehead atoms. The molecule has 0 amide bonds. The van der Waals surface area contributed by atoms with Crippen molar-refractivity contribution in [3.63, 3.8) is 0 Å². The van der Waals surface area contributed by atoms with Gasteiger partial charge in [0.15, 0.2) is 0 Å². The smallest absolute Gasteiger partial charge is 0.0330 e. The van der Waals surface area contributed by atoms with Gasteiger partial charge in [0.2, 0.25) is 0 Å². The summed E-state index contributed by atoms with van der Waals surface area (Å²) in [6.07, 6.45) is 6.92. The molecule has 0 radical (unpaired) electrons. The lowest BCUT2D eigenvalue weighted by Gasteiger charge is -2.49. The Morgan fingerprint density at radius 2 is 1.62 bits per heavy atom. The van der Waals surface area contributed by atoms with Gasteiger partial charge in [-0.15, -0.1) is 0 Å². The highest BCUT2D eigenvalue weighted by Crippen LogP contribution is 2.47. The summed E-state index contributed by atoms with van der Waals surface area (Å²) >= 11 is 4.49. The van der Waals surface area contributed by atoms with Gasteiger partial charge in [-0.05, 0) is 64.4 Å². The molecule has 0 aromatic heterocycles. The number of hydrogen-bond donors (Lipinski definition) is 1. The fraction of sp³-hybridized carbons (Fsp3) is 1.00. The first-order chi connectivity index (χ1) is 7.52. The molecule has 0 spiro atoms. The van der Waals surface area contributed by atoms with Crippen molar-refractivity contribution in [3.05, 3.63) is 0 Å². The maximum Gasteiger partial charge on any atom is 0.0330 e. The monoisotopic (exact) mass is 242 g/mol. The standard InChI is InChI=1S/C13H26N2S/c1-14(2)13(5-4-6-13)10-15(3)9-12(11-16)7-8-12/h16H,4-11H2,1-3H3. The molecule has 2 fully saturated rings. The topological polar surface area (TPSA) is 6.48 Å². The molecule has 0 aromatic carbocycles. The lowest BCUT2D eigenvalue weighted by atomic mass is 9.75. The summed E-state index contributed by atoms with van der Waals surface area (Å²) < 4.78 is 0. The fourth-order valence-electron chi connectivity index (χ4n) is 3.01. The zero-order valence-electron chi connectivity index (χ0n) is 11.0. The van der Waals surface area contributed by atoms with Crippen molar-refractivity contribution in [1.82, 2.24) is 9.80 Å². The number of hydrogen-bond acceptors (Lipinski definition) is 3. The van der Waals surface area contributed by atoms with Crippen molar-refractivity contribution in [1.29, 1.82) is 0 Å². The average molecular weight is 242 g/mol. The van der Waals surface area contributed by atoms with Crippen molar-refractivity contribution in [2.24, 2.45) is 5.41 Å². The number of nitrogens with zero attached hydrogens (tertiary/aromatic N) is 2. The Morgan fingerprint density at radius 3 is 1.94 bits per heavy atom. The number of likely N-dealkylation sites (N-methyl/N-ethyl adjacent to an activating group) is 2. The second-order valence-corrected chi connectivity index (χ2v) is 6.62. The molecule has 2 rings (SSSR count). The minimum Gasteiger partial charge on any atom is -0.304 e. The molecule has 2 aliphatic rings. The van der Waals surface area contributed by atoms with Crippen LogP contribution < -0.4 is 0 Å². The number of rotatable bonds is 6. The van der Waals surface area contributed by atoms with Gasteiger partial charge in [-0.3, -0.25) is 0 Å². The van der Waals surface area contributed by atoms with E-state index in [1.54, 1.807) is 0 Å². The first-order valence-corrected chi connectivity index (χ1v) is 7.12. The molecule has 94 valence electrons. The largest absolute Gasteiger partial charge is 0.304 e. The van der Waals surface area contributed by atoms with E-state index in [1.165, 1.54) is 45.2 Å². The molecule has 0 heterocycles. The van der Waals surface area contributed by atoms with Gasteiger partial charge >= 0.3 is 0 Å². The van der Waals surface area contributed by atoms with E-state index < -0.39 is 0 Å². The maximum absolute atomic E-state index is 4.49. The zero-order valence-corrected chi connectivity index (χ0v) is 11.9. The van der Waals surface area contributed by atoms with Gasteiger partial charge in [0.1, 0.15) is 0 Å². The summed E-state index contributed by atoms with van der Waals surface area (Å²) in [4.78, 5) is 4.98. The Bertz CT molecular complexity index is 244. The van der Waals surface area contributed by atoms with Crippen LogP contribution in [0.4, 0.5) is 0 Å². The van der Waals surface area contributed by atoms with Crippen molar-refractivity contribution >= 4 is 12.6 Å². The van der Waals surface area contributed by atoms with E-state index in [2.05, 4.69) is 43.6 Å². The van der Waals surface area contributed by atoms with Crippen LogP contribution in [0.15, 0.2) is 0 Å². The lowest BCUT2D eigenvalue weighted by molar-refractivity contribution is 0.0238. The van der Waals surface area contributed by atoms with E-state index in [1.807, 2.05) is 0 Å². The molecule has 0 saturated heterocycles. The van der Waals surface area contributed by atoms with Crippen molar-refractivity contribution in [2.45, 2.75) is 37.6 Å². The van der Waals surface area contributed by atoms with Crippen LogP contribution >= 0.6 is 12.6 Å². The van der Waals surface area contributed by atoms with Gasteiger partial charge in [0.25, 0.3) is 0 Å². The summed E-state index contributed by atoms with van der Waals surface area (Å²) in [5.74, 6) is 1.06. The van der Waals surface area contributed by atoms with E-state index >= 15 is 0 Å². The summed E-state index contributed by atoms with van der Waals surface area (Å²) in [6, 6.07) is 0. The van der Waals surface area contributed by atoms with Crippen molar-refractivity contribution in [3.8, 4) is 0 Å². The SMILES string of the molecule is CN(CC1(CS)CC1)CC1(N(C)C)CCC1. The summed E-state index contributed by atoms with van der Waals surface area (Å²) in [5, 5.41) is 0. The molecular weight excluding hydrogens is 216 g/mol. The predicted octanol–water partition coefficient (Wildman–Crippen LogP) is 2.11. The molecular formula is C13H26N2S. The van der Waals surface area contributed by atoms with E-state index in [0.717, 1.165) is 5.75 Å². The summed E-state index contributed by atoms with van der Waals surface area (Å²) in [7, 11) is 6.75. The molecule has 0 aliphatic heterocycles. The van der Waals surface area contributed by atoms with Crippen LogP contribution in [0, 0.1) is 5.41 Å². The molecule has 16 heavy (non-hydrogen) atoms. The Morgan fingerprint density at radius 1 is 1.00 bits per heavy atom. The van der Waals surface area contributed by atoms with Gasteiger partial charge in [0.05, 0.1) is 0 Å². The third-order valence-electron chi connectivity index (χ3n) is 4.70. The van der Waals surface area contributed by atoms with Gasteiger partial charge < -0.3 is 9.80 Å². The summed E-state index contributed by atoms with van der Waals surface area (Å²) in [5.41, 5.74) is 1.04. The molecule has 0 N–H and O–H groups in total. The lowest BCUT2D eigenvalue weighted by Crippen LogP contribution is -2.57. The Balaban J connectivity index is 1.84. The first-order valence-electron chi connectivity index (χ1n) is 6.49. The number of thiol groups is 1.